The van der Waals surface area contributed by atoms with Crippen molar-refractivity contribution in [1.82, 2.24) is 0 Å². The van der Waals surface area contributed by atoms with E-state index >= 15 is 0 Å². The number of methoxy groups -OCH3 is 1. The van der Waals surface area contributed by atoms with Gasteiger partial charge in [0, 0.05) is 12.1 Å². The Labute approximate surface area is 69.0 Å². The Morgan fingerprint density at radius 1 is 1.27 bits per heavy atom. The zero-order chi connectivity index (χ0) is 8.85. The van der Waals surface area contributed by atoms with Gasteiger partial charge >= 0.3 is 0 Å². The van der Waals surface area contributed by atoms with E-state index in [1.54, 1.807) is 7.11 Å². The van der Waals surface area contributed by atoms with Crippen LogP contribution in [0.25, 0.3) is 0 Å². The molecule has 0 saturated carbocycles. The summed E-state index contributed by atoms with van der Waals surface area (Å²) in [4.78, 5) is 4.29. The van der Waals surface area contributed by atoms with Gasteiger partial charge in [-0.05, 0) is 20.8 Å². The van der Waals surface area contributed by atoms with Gasteiger partial charge in [0.15, 0.2) is 5.90 Å². The molecule has 2 heteroatoms. The molecule has 0 aromatic rings. The largest absolute Gasteiger partial charge is 0.484 e. The Balaban J connectivity index is 4.39. The highest BCUT2D eigenvalue weighted by Gasteiger charge is 1.94. The van der Waals surface area contributed by atoms with Gasteiger partial charge in [0.25, 0.3) is 0 Å². The number of aliphatic imine (C=N–C) groups is 1. The molecule has 0 bridgehead atoms. The Bertz CT molecular complexity index is 170. The van der Waals surface area contributed by atoms with Crippen LogP contribution in [0.15, 0.2) is 16.3 Å². The fraction of sp³-hybridized carbons (Fsp3) is 0.667. The maximum absolute atomic E-state index is 5.04. The fourth-order valence-corrected chi connectivity index (χ4v) is 0.568. The Hall–Kier alpha value is -0.790. The molecule has 64 valence electrons. The predicted molar refractivity (Wildman–Crippen MR) is 48.8 cm³/mol. The molecule has 0 N–H and O–H groups in total. The van der Waals surface area contributed by atoms with Crippen LogP contribution in [0.2, 0.25) is 0 Å². The number of hydrogen-bond acceptors (Lipinski definition) is 2. The molecule has 0 radical (unpaired) electrons. The maximum Gasteiger partial charge on any atom is 0.187 e. The van der Waals surface area contributed by atoms with Crippen molar-refractivity contribution in [3.8, 4) is 0 Å². The molecule has 0 aliphatic carbocycles. The molecule has 0 heterocycles. The smallest absolute Gasteiger partial charge is 0.187 e. The minimum absolute atomic E-state index is 0.795. The maximum atomic E-state index is 5.04. The van der Waals surface area contributed by atoms with Crippen molar-refractivity contribution in [2.75, 3.05) is 7.11 Å². The van der Waals surface area contributed by atoms with E-state index in [1.807, 2.05) is 27.7 Å². The zero-order valence-electron chi connectivity index (χ0n) is 8.06. The fourth-order valence-electron chi connectivity index (χ4n) is 0.568. The Kier molecular flexibility index (Phi) is 4.59. The number of ether oxygens (including phenoxy) is 1. The summed E-state index contributed by atoms with van der Waals surface area (Å²) in [6.45, 7) is 8.11. The molecule has 0 aromatic carbocycles. The number of hydrogen-bond donors (Lipinski definition) is 0. The highest BCUT2D eigenvalue weighted by atomic mass is 16.5. The minimum atomic E-state index is 0.795. The molecule has 0 spiro atoms. The van der Waals surface area contributed by atoms with E-state index in [0.29, 0.717) is 0 Å². The molecule has 0 aliphatic heterocycles. The van der Waals surface area contributed by atoms with Gasteiger partial charge in [-0.3, -0.25) is 0 Å². The molecular formula is C9H17NO. The van der Waals surface area contributed by atoms with E-state index in [4.69, 9.17) is 4.74 Å². The summed E-state index contributed by atoms with van der Waals surface area (Å²) in [5.41, 5.74) is 2.27. The van der Waals surface area contributed by atoms with Crippen LogP contribution in [-0.2, 0) is 4.74 Å². The predicted octanol–water partition coefficient (Wildman–Crippen LogP) is 2.76. The summed E-state index contributed by atoms with van der Waals surface area (Å²) in [5, 5.41) is 0. The molecule has 0 aromatic heterocycles. The molecule has 0 saturated heterocycles. The van der Waals surface area contributed by atoms with Gasteiger partial charge in [-0.25, -0.2) is 4.99 Å². The van der Waals surface area contributed by atoms with Crippen molar-refractivity contribution in [3.63, 3.8) is 0 Å². The highest BCUT2D eigenvalue weighted by Crippen LogP contribution is 2.04. The van der Waals surface area contributed by atoms with Gasteiger partial charge in [-0.1, -0.05) is 12.5 Å². The lowest BCUT2D eigenvalue weighted by Gasteiger charge is -2.02. The van der Waals surface area contributed by atoms with Gasteiger partial charge in [0.1, 0.15) is 0 Å². The van der Waals surface area contributed by atoms with E-state index in [9.17, 15) is 0 Å². The van der Waals surface area contributed by atoms with Gasteiger partial charge < -0.3 is 4.74 Å². The summed E-state index contributed by atoms with van der Waals surface area (Å²) < 4.78 is 5.04. The second-order valence-electron chi connectivity index (χ2n) is 2.65. The monoisotopic (exact) mass is 155 g/mol. The van der Waals surface area contributed by atoms with Crippen LogP contribution in [0.3, 0.4) is 0 Å². The molecular weight excluding hydrogens is 138 g/mol. The summed E-state index contributed by atoms with van der Waals surface area (Å²) in [6, 6.07) is 0. The third-order valence-corrected chi connectivity index (χ3v) is 1.55. The van der Waals surface area contributed by atoms with Crippen molar-refractivity contribution < 1.29 is 4.74 Å². The van der Waals surface area contributed by atoms with Crippen LogP contribution in [-0.4, -0.2) is 13.0 Å². The average molecular weight is 155 g/mol. The van der Waals surface area contributed by atoms with Crippen LogP contribution in [0.1, 0.15) is 34.1 Å². The van der Waals surface area contributed by atoms with E-state index < -0.39 is 0 Å². The third kappa shape index (κ3) is 3.81. The molecule has 0 fully saturated rings. The first kappa shape index (κ1) is 10.2. The van der Waals surface area contributed by atoms with Crippen molar-refractivity contribution in [2.24, 2.45) is 4.99 Å². The Morgan fingerprint density at radius 2 is 1.82 bits per heavy atom. The lowest BCUT2D eigenvalue weighted by atomic mass is 10.3. The quantitative estimate of drug-likeness (QED) is 0.444. The van der Waals surface area contributed by atoms with Gasteiger partial charge in [0.2, 0.25) is 0 Å². The van der Waals surface area contributed by atoms with E-state index in [0.717, 1.165) is 18.0 Å². The highest BCUT2D eigenvalue weighted by molar-refractivity contribution is 5.76. The second-order valence-corrected chi connectivity index (χ2v) is 2.65. The molecule has 0 unspecified atom stereocenters. The van der Waals surface area contributed by atoms with Crippen molar-refractivity contribution >= 4 is 5.90 Å². The molecule has 2 nitrogen and oxygen atoms in total. The lowest BCUT2D eigenvalue weighted by molar-refractivity contribution is 0.392. The van der Waals surface area contributed by atoms with Gasteiger partial charge in [-0.15, -0.1) is 0 Å². The van der Waals surface area contributed by atoms with Crippen molar-refractivity contribution in [3.05, 3.63) is 11.3 Å². The van der Waals surface area contributed by atoms with Crippen LogP contribution >= 0.6 is 0 Å². The summed E-state index contributed by atoms with van der Waals surface area (Å²) in [6.07, 6.45) is 0.848. The molecule has 0 amide bonds. The SMILES string of the molecule is CCC(=NC(C)=C(C)C)OC. The molecule has 0 aliphatic rings. The van der Waals surface area contributed by atoms with Gasteiger partial charge in [0.05, 0.1) is 7.11 Å². The first-order valence-electron chi connectivity index (χ1n) is 3.87. The topological polar surface area (TPSA) is 21.6 Å². The zero-order valence-corrected chi connectivity index (χ0v) is 8.06. The van der Waals surface area contributed by atoms with Crippen LogP contribution in [0, 0.1) is 0 Å². The van der Waals surface area contributed by atoms with E-state index in [-0.39, 0.29) is 0 Å². The number of nitrogens with zero attached hydrogens (tertiary/aromatic N) is 1. The summed E-state index contributed by atoms with van der Waals surface area (Å²) in [5.74, 6) is 0.795. The summed E-state index contributed by atoms with van der Waals surface area (Å²) >= 11 is 0. The average Bonchev–Trinajstić information content (AvgIpc) is 1.99. The second kappa shape index (κ2) is 4.94. The lowest BCUT2D eigenvalue weighted by Crippen LogP contribution is -1.98. The number of rotatable bonds is 2. The summed E-state index contributed by atoms with van der Waals surface area (Å²) in [7, 11) is 1.65. The van der Waals surface area contributed by atoms with Crippen LogP contribution in [0.4, 0.5) is 0 Å². The van der Waals surface area contributed by atoms with Crippen molar-refractivity contribution in [2.45, 2.75) is 34.1 Å². The standard InChI is InChI=1S/C9H17NO/c1-6-9(11-5)10-8(4)7(2)3/h6H2,1-5H3. The van der Waals surface area contributed by atoms with Crippen LogP contribution in [0.5, 0.6) is 0 Å². The molecule has 11 heavy (non-hydrogen) atoms. The first-order valence-corrected chi connectivity index (χ1v) is 3.87. The normalized spacial score (nSPS) is 11.2. The van der Waals surface area contributed by atoms with Crippen molar-refractivity contribution in [1.29, 1.82) is 0 Å². The molecule has 0 atom stereocenters. The van der Waals surface area contributed by atoms with Crippen LogP contribution < -0.4 is 0 Å². The first-order chi connectivity index (χ1) is 5.11. The minimum Gasteiger partial charge on any atom is -0.484 e. The Morgan fingerprint density at radius 3 is 2.09 bits per heavy atom. The number of allylic oxidation sites excluding steroid dienone is 2. The van der Waals surface area contributed by atoms with E-state index in [1.165, 1.54) is 5.57 Å². The molecule has 0 rings (SSSR count). The van der Waals surface area contributed by atoms with E-state index in [2.05, 4.69) is 4.99 Å². The van der Waals surface area contributed by atoms with Gasteiger partial charge in [-0.2, -0.15) is 0 Å². The third-order valence-electron chi connectivity index (χ3n) is 1.55.